The summed E-state index contributed by atoms with van der Waals surface area (Å²) in [5.74, 6) is -0.566. The van der Waals surface area contributed by atoms with Crippen molar-refractivity contribution in [1.82, 2.24) is 20.0 Å². The molecule has 1 aliphatic rings. The van der Waals surface area contributed by atoms with Crippen molar-refractivity contribution in [3.8, 4) is 0 Å². The maximum atomic E-state index is 12.2. The van der Waals surface area contributed by atoms with Crippen LogP contribution >= 0.6 is 0 Å². The molecule has 1 fully saturated rings. The second-order valence-electron chi connectivity index (χ2n) is 5.28. The third-order valence-electron chi connectivity index (χ3n) is 3.63. The van der Waals surface area contributed by atoms with Gasteiger partial charge >= 0.3 is 0 Å². The number of rotatable bonds is 5. The van der Waals surface area contributed by atoms with Crippen molar-refractivity contribution >= 4 is 17.5 Å². The second-order valence-corrected chi connectivity index (χ2v) is 5.28. The van der Waals surface area contributed by atoms with Crippen LogP contribution in [0.1, 0.15) is 30.3 Å². The highest BCUT2D eigenvalue weighted by atomic mass is 16.2. The molecular formula is C13H22N6O2. The lowest BCUT2D eigenvalue weighted by Crippen LogP contribution is -2.46. The molecule has 5 N–H and O–H groups in total. The van der Waals surface area contributed by atoms with Gasteiger partial charge in [-0.3, -0.25) is 19.2 Å². The Morgan fingerprint density at radius 2 is 2.10 bits per heavy atom. The van der Waals surface area contributed by atoms with E-state index in [1.54, 1.807) is 10.9 Å². The Morgan fingerprint density at radius 3 is 2.62 bits per heavy atom. The molecule has 1 aliphatic heterocycles. The third kappa shape index (κ3) is 3.94. The molecule has 0 aliphatic carbocycles. The largest absolute Gasteiger partial charge is 0.396 e. The molecule has 0 spiro atoms. The van der Waals surface area contributed by atoms with E-state index in [0.717, 1.165) is 25.9 Å². The van der Waals surface area contributed by atoms with E-state index in [9.17, 15) is 9.59 Å². The van der Waals surface area contributed by atoms with Gasteiger partial charge in [0.1, 0.15) is 0 Å². The van der Waals surface area contributed by atoms with Crippen molar-refractivity contribution in [1.29, 1.82) is 0 Å². The molecule has 116 valence electrons. The van der Waals surface area contributed by atoms with E-state index in [2.05, 4.69) is 10.4 Å². The fraction of sp³-hybridized carbons (Fsp3) is 0.615. The Kier molecular flexibility index (Phi) is 4.79. The van der Waals surface area contributed by atoms with Crippen LogP contribution in [-0.4, -0.2) is 52.2 Å². The summed E-state index contributed by atoms with van der Waals surface area (Å²) in [6.45, 7) is 4.36. The number of anilines is 1. The van der Waals surface area contributed by atoms with Gasteiger partial charge in [-0.1, -0.05) is 0 Å². The van der Waals surface area contributed by atoms with Crippen LogP contribution in [0.15, 0.2) is 6.20 Å². The van der Waals surface area contributed by atoms with E-state index >= 15 is 0 Å². The van der Waals surface area contributed by atoms with E-state index in [0.29, 0.717) is 12.2 Å². The minimum atomic E-state index is -0.324. The number of aryl methyl sites for hydroxylation is 1. The Morgan fingerprint density at radius 1 is 1.43 bits per heavy atom. The number of nitrogens with zero attached hydrogens (tertiary/aromatic N) is 3. The molecule has 0 saturated carbocycles. The number of aromatic nitrogens is 2. The van der Waals surface area contributed by atoms with Crippen LogP contribution in [0.4, 0.5) is 5.69 Å². The Balaban J connectivity index is 1.86. The van der Waals surface area contributed by atoms with Crippen LogP contribution in [0, 0.1) is 0 Å². The number of likely N-dealkylation sites (tertiary alicyclic amines) is 1. The molecule has 0 unspecified atom stereocenters. The number of nitrogen functional groups attached to an aromatic ring is 1. The molecule has 1 saturated heterocycles. The summed E-state index contributed by atoms with van der Waals surface area (Å²) < 4.78 is 1.64. The van der Waals surface area contributed by atoms with Gasteiger partial charge in [-0.2, -0.15) is 5.10 Å². The van der Waals surface area contributed by atoms with Gasteiger partial charge in [-0.05, 0) is 19.8 Å². The highest BCUT2D eigenvalue weighted by molar-refractivity contribution is 5.97. The molecule has 2 rings (SSSR count). The number of nitrogens with one attached hydrogen (secondary N) is 1. The first kappa shape index (κ1) is 15.3. The summed E-state index contributed by atoms with van der Waals surface area (Å²) in [5, 5.41) is 7.11. The highest BCUT2D eigenvalue weighted by Crippen LogP contribution is 2.13. The topological polar surface area (TPSA) is 119 Å². The van der Waals surface area contributed by atoms with Gasteiger partial charge in [0.25, 0.3) is 5.91 Å². The number of hydrogen-bond acceptors (Lipinski definition) is 5. The predicted octanol–water partition coefficient (Wildman–Crippen LogP) is -0.835. The minimum absolute atomic E-state index is 0.0767. The van der Waals surface area contributed by atoms with Crippen LogP contribution in [0.25, 0.3) is 0 Å². The number of carbonyl (C=O) groups is 2. The average molecular weight is 294 g/mol. The van der Waals surface area contributed by atoms with E-state index in [-0.39, 0.29) is 30.1 Å². The van der Waals surface area contributed by atoms with Crippen molar-refractivity contribution < 1.29 is 9.59 Å². The molecule has 0 atom stereocenters. The van der Waals surface area contributed by atoms with Crippen LogP contribution in [0.2, 0.25) is 0 Å². The second kappa shape index (κ2) is 6.57. The maximum absolute atomic E-state index is 12.2. The molecule has 0 radical (unpaired) electrons. The van der Waals surface area contributed by atoms with Crippen molar-refractivity contribution in [2.45, 2.75) is 32.4 Å². The quantitative estimate of drug-likeness (QED) is 0.654. The van der Waals surface area contributed by atoms with Gasteiger partial charge in [0.15, 0.2) is 5.69 Å². The first-order chi connectivity index (χ1) is 9.99. The predicted molar refractivity (Wildman–Crippen MR) is 78.4 cm³/mol. The molecule has 0 aromatic carbocycles. The van der Waals surface area contributed by atoms with Gasteiger partial charge in [-0.25, -0.2) is 0 Å². The fourth-order valence-corrected chi connectivity index (χ4v) is 2.48. The number of carbonyl (C=O) groups excluding carboxylic acids is 2. The zero-order valence-corrected chi connectivity index (χ0v) is 12.2. The van der Waals surface area contributed by atoms with Crippen molar-refractivity contribution in [2.24, 2.45) is 5.73 Å². The van der Waals surface area contributed by atoms with Gasteiger partial charge in [0, 0.05) is 31.9 Å². The molecule has 2 heterocycles. The van der Waals surface area contributed by atoms with E-state index in [1.807, 2.05) is 11.8 Å². The Labute approximate surface area is 123 Å². The van der Waals surface area contributed by atoms with Crippen LogP contribution in [-0.2, 0) is 11.3 Å². The summed E-state index contributed by atoms with van der Waals surface area (Å²) in [6, 6.07) is 0.0767. The number of nitrogens with two attached hydrogens (primary N) is 2. The van der Waals surface area contributed by atoms with Gasteiger partial charge in [0.05, 0.1) is 12.2 Å². The molecule has 8 heteroatoms. The van der Waals surface area contributed by atoms with E-state index in [1.165, 1.54) is 0 Å². The number of hydrogen-bond donors (Lipinski definition) is 3. The lowest BCUT2D eigenvalue weighted by Gasteiger charge is -2.31. The first-order valence-electron chi connectivity index (χ1n) is 7.14. The first-order valence-corrected chi connectivity index (χ1v) is 7.14. The highest BCUT2D eigenvalue weighted by Gasteiger charge is 2.23. The molecule has 1 aromatic heterocycles. The van der Waals surface area contributed by atoms with Crippen molar-refractivity contribution in [2.75, 3.05) is 25.4 Å². The molecule has 8 nitrogen and oxygen atoms in total. The van der Waals surface area contributed by atoms with Crippen LogP contribution in [0.3, 0.4) is 0 Å². The number of primary amides is 1. The Bertz CT molecular complexity index is 519. The normalized spacial score (nSPS) is 16.8. The summed E-state index contributed by atoms with van der Waals surface area (Å²) in [7, 11) is 0. The molecule has 1 aromatic rings. The number of amides is 2. The van der Waals surface area contributed by atoms with Crippen molar-refractivity contribution in [3.05, 3.63) is 11.9 Å². The zero-order valence-electron chi connectivity index (χ0n) is 12.2. The van der Waals surface area contributed by atoms with Gasteiger partial charge < -0.3 is 16.8 Å². The van der Waals surface area contributed by atoms with E-state index in [4.69, 9.17) is 11.5 Å². The standard InChI is InChI=1S/C13H22N6O2/c1-2-19-7-10(14)12(17-19)13(21)16-9-3-5-18(6-4-9)8-11(15)20/h7,9H,2-6,8,14H2,1H3,(H2,15,20)(H,16,21). The minimum Gasteiger partial charge on any atom is -0.396 e. The molecule has 2 amide bonds. The SMILES string of the molecule is CCn1cc(N)c(C(=O)NC2CCN(CC(N)=O)CC2)n1. The average Bonchev–Trinajstić information content (AvgIpc) is 2.82. The van der Waals surface area contributed by atoms with Crippen LogP contribution < -0.4 is 16.8 Å². The summed E-state index contributed by atoms with van der Waals surface area (Å²) in [6.07, 6.45) is 3.23. The molecule has 0 bridgehead atoms. The monoisotopic (exact) mass is 294 g/mol. The lowest BCUT2D eigenvalue weighted by atomic mass is 10.0. The lowest BCUT2D eigenvalue weighted by molar-refractivity contribution is -0.119. The van der Waals surface area contributed by atoms with Crippen LogP contribution in [0.5, 0.6) is 0 Å². The maximum Gasteiger partial charge on any atom is 0.274 e. The van der Waals surface area contributed by atoms with E-state index < -0.39 is 0 Å². The summed E-state index contributed by atoms with van der Waals surface area (Å²) in [4.78, 5) is 25.0. The number of piperidine rings is 1. The third-order valence-corrected chi connectivity index (χ3v) is 3.63. The summed E-state index contributed by atoms with van der Waals surface area (Å²) in [5.41, 5.74) is 11.6. The van der Waals surface area contributed by atoms with Gasteiger partial charge in [0.2, 0.25) is 5.91 Å². The molecular weight excluding hydrogens is 272 g/mol. The summed E-state index contributed by atoms with van der Waals surface area (Å²) >= 11 is 0. The zero-order chi connectivity index (χ0) is 15.4. The Hall–Kier alpha value is -2.09. The smallest absolute Gasteiger partial charge is 0.274 e. The van der Waals surface area contributed by atoms with Crippen molar-refractivity contribution in [3.63, 3.8) is 0 Å². The molecule has 21 heavy (non-hydrogen) atoms. The van der Waals surface area contributed by atoms with Gasteiger partial charge in [-0.15, -0.1) is 0 Å². The fourth-order valence-electron chi connectivity index (χ4n) is 2.48.